The topological polar surface area (TPSA) is 117 Å². The third-order valence-corrected chi connectivity index (χ3v) is 6.33. The average molecular weight is 494 g/mol. The van der Waals surface area contributed by atoms with Crippen LogP contribution in [0.25, 0.3) is 5.69 Å². The molecule has 1 aliphatic heterocycles. The van der Waals surface area contributed by atoms with E-state index in [9.17, 15) is 18.8 Å². The van der Waals surface area contributed by atoms with Gasteiger partial charge in [-0.3, -0.25) is 4.79 Å². The Morgan fingerprint density at radius 3 is 2.47 bits per heavy atom. The number of amides is 3. The summed E-state index contributed by atoms with van der Waals surface area (Å²) in [6.07, 6.45) is 2.66. The second kappa shape index (κ2) is 10.2. The van der Waals surface area contributed by atoms with Crippen molar-refractivity contribution in [2.75, 3.05) is 17.2 Å². The lowest BCUT2D eigenvalue weighted by atomic mass is 10.0. The fourth-order valence-corrected chi connectivity index (χ4v) is 4.24. The highest BCUT2D eigenvalue weighted by Crippen LogP contribution is 2.24. The van der Waals surface area contributed by atoms with Gasteiger partial charge in [0, 0.05) is 30.1 Å². The number of nitrogens with zero attached hydrogens (tertiary/aromatic N) is 3. The van der Waals surface area contributed by atoms with E-state index < -0.39 is 17.8 Å². The minimum atomic E-state index is -1.22. The van der Waals surface area contributed by atoms with Crippen LogP contribution in [0.1, 0.15) is 54.1 Å². The van der Waals surface area contributed by atoms with Gasteiger partial charge in [0.05, 0.1) is 5.56 Å². The average Bonchev–Trinajstić information content (AvgIpc) is 3.51. The van der Waals surface area contributed by atoms with Crippen molar-refractivity contribution in [1.82, 2.24) is 14.7 Å². The molecule has 4 rings (SSSR count). The SMILES string of the molecule is Cc1c(C(=O)O)ccc(-n2ccc(NC(=O)[C@H]3CCCN3C(=O)Nc3ccc(C(C)C)cc3)n2)c1F. The molecule has 9 nitrogen and oxygen atoms in total. The van der Waals surface area contributed by atoms with Gasteiger partial charge in [0.15, 0.2) is 11.6 Å². The van der Waals surface area contributed by atoms with Crippen molar-refractivity contribution in [3.63, 3.8) is 0 Å². The number of nitrogens with one attached hydrogen (secondary N) is 2. The molecular formula is C26H28FN5O4. The minimum absolute atomic E-state index is 0.00691. The molecule has 1 atom stereocenters. The summed E-state index contributed by atoms with van der Waals surface area (Å²) in [5, 5.41) is 18.9. The molecular weight excluding hydrogens is 465 g/mol. The fourth-order valence-electron chi connectivity index (χ4n) is 4.24. The van der Waals surface area contributed by atoms with Crippen molar-refractivity contribution in [2.24, 2.45) is 0 Å². The molecule has 0 saturated carbocycles. The number of hydrogen-bond acceptors (Lipinski definition) is 4. The monoisotopic (exact) mass is 493 g/mol. The second-order valence-corrected chi connectivity index (χ2v) is 9.07. The Morgan fingerprint density at radius 1 is 1.08 bits per heavy atom. The summed E-state index contributed by atoms with van der Waals surface area (Å²) >= 11 is 0. The summed E-state index contributed by atoms with van der Waals surface area (Å²) in [6, 6.07) is 10.7. The Balaban J connectivity index is 1.43. The molecule has 0 spiro atoms. The van der Waals surface area contributed by atoms with Crippen molar-refractivity contribution in [1.29, 1.82) is 0 Å². The van der Waals surface area contributed by atoms with Gasteiger partial charge in [0.2, 0.25) is 5.91 Å². The first-order chi connectivity index (χ1) is 17.2. The first kappa shape index (κ1) is 24.9. The number of urea groups is 1. The Labute approximate surface area is 207 Å². The van der Waals surface area contributed by atoms with Crippen molar-refractivity contribution in [3.05, 3.63) is 71.2 Å². The zero-order chi connectivity index (χ0) is 26.0. The molecule has 3 N–H and O–H groups in total. The number of aromatic nitrogens is 2. The third-order valence-electron chi connectivity index (χ3n) is 6.33. The van der Waals surface area contributed by atoms with Gasteiger partial charge in [-0.1, -0.05) is 26.0 Å². The molecule has 1 aliphatic rings. The van der Waals surface area contributed by atoms with E-state index in [-0.39, 0.29) is 34.6 Å². The highest BCUT2D eigenvalue weighted by atomic mass is 19.1. The maximum absolute atomic E-state index is 14.7. The summed E-state index contributed by atoms with van der Waals surface area (Å²) in [5.41, 5.74) is 1.74. The minimum Gasteiger partial charge on any atom is -0.478 e. The number of carboxylic acids is 1. The van der Waals surface area contributed by atoms with Crippen molar-refractivity contribution in [2.45, 2.75) is 45.6 Å². The number of halogens is 1. The van der Waals surface area contributed by atoms with Crippen molar-refractivity contribution < 1.29 is 23.9 Å². The molecule has 0 aliphatic carbocycles. The van der Waals surface area contributed by atoms with E-state index >= 15 is 0 Å². The molecule has 3 amide bonds. The zero-order valence-corrected chi connectivity index (χ0v) is 20.3. The summed E-state index contributed by atoms with van der Waals surface area (Å²) < 4.78 is 16.0. The number of anilines is 2. The lowest BCUT2D eigenvalue weighted by Crippen LogP contribution is -2.45. The molecule has 36 heavy (non-hydrogen) atoms. The van der Waals surface area contributed by atoms with Crippen LogP contribution in [-0.4, -0.2) is 50.3 Å². The van der Waals surface area contributed by atoms with Gasteiger partial charge in [-0.2, -0.15) is 0 Å². The molecule has 1 fully saturated rings. The first-order valence-electron chi connectivity index (χ1n) is 11.7. The van der Waals surface area contributed by atoms with Crippen molar-refractivity contribution >= 4 is 29.4 Å². The lowest BCUT2D eigenvalue weighted by Gasteiger charge is -2.24. The Morgan fingerprint density at radius 2 is 1.81 bits per heavy atom. The van der Waals surface area contributed by atoms with Crippen LogP contribution >= 0.6 is 0 Å². The van der Waals surface area contributed by atoms with Crippen LogP contribution in [0.5, 0.6) is 0 Å². The third kappa shape index (κ3) is 5.07. The number of carbonyl (C=O) groups excluding carboxylic acids is 2. The maximum Gasteiger partial charge on any atom is 0.336 e. The zero-order valence-electron chi connectivity index (χ0n) is 20.3. The van der Waals surface area contributed by atoms with E-state index in [4.69, 9.17) is 5.11 Å². The predicted molar refractivity (Wildman–Crippen MR) is 133 cm³/mol. The van der Waals surface area contributed by atoms with Crippen LogP contribution in [0.2, 0.25) is 0 Å². The molecule has 2 aromatic carbocycles. The van der Waals surface area contributed by atoms with Crippen LogP contribution in [0.15, 0.2) is 48.7 Å². The lowest BCUT2D eigenvalue weighted by molar-refractivity contribution is -0.119. The second-order valence-electron chi connectivity index (χ2n) is 9.07. The van der Waals surface area contributed by atoms with Crippen LogP contribution in [0, 0.1) is 12.7 Å². The largest absolute Gasteiger partial charge is 0.478 e. The van der Waals surface area contributed by atoms with Gasteiger partial charge in [-0.15, -0.1) is 5.10 Å². The number of likely N-dealkylation sites (tertiary alicyclic amines) is 1. The predicted octanol–water partition coefficient (Wildman–Crippen LogP) is 4.78. The number of aromatic carboxylic acids is 1. The Kier molecular flexibility index (Phi) is 7.05. The number of hydrogen-bond donors (Lipinski definition) is 3. The highest BCUT2D eigenvalue weighted by molar-refractivity contribution is 5.99. The van der Waals surface area contributed by atoms with E-state index in [1.807, 2.05) is 24.3 Å². The van der Waals surface area contributed by atoms with Crippen LogP contribution < -0.4 is 10.6 Å². The van der Waals surface area contributed by atoms with Gasteiger partial charge in [-0.05, 0) is 55.5 Å². The van der Waals surface area contributed by atoms with E-state index in [0.29, 0.717) is 31.0 Å². The van der Waals surface area contributed by atoms with Crippen LogP contribution in [-0.2, 0) is 4.79 Å². The van der Waals surface area contributed by atoms with Crippen LogP contribution in [0.4, 0.5) is 20.7 Å². The Hall–Kier alpha value is -4.21. The van der Waals surface area contributed by atoms with E-state index in [2.05, 4.69) is 29.6 Å². The summed E-state index contributed by atoms with van der Waals surface area (Å²) in [4.78, 5) is 38.5. The quantitative estimate of drug-likeness (QED) is 0.457. The fraction of sp³-hybridized carbons (Fsp3) is 0.308. The van der Waals surface area contributed by atoms with Crippen molar-refractivity contribution in [3.8, 4) is 5.69 Å². The molecule has 0 unspecified atom stereocenters. The molecule has 2 heterocycles. The van der Waals surface area contributed by atoms with E-state index in [1.54, 1.807) is 0 Å². The number of benzene rings is 2. The number of carbonyl (C=O) groups is 3. The number of carboxylic acid groups (broad SMARTS) is 1. The molecule has 188 valence electrons. The molecule has 0 bridgehead atoms. The summed E-state index contributed by atoms with van der Waals surface area (Å²) in [6.45, 7) is 6.02. The standard InChI is InChI=1S/C26H28FN5O4/c1-15(2)17-6-8-18(9-7-17)28-26(36)31-13-4-5-21(31)24(33)29-22-12-14-32(30-22)20-11-10-19(25(34)35)16(3)23(20)27/h6-12,14-15,21H,4-5,13H2,1-3H3,(H,28,36)(H,34,35)(H,29,30,33)/t21-/m1/s1. The first-order valence-corrected chi connectivity index (χ1v) is 11.7. The highest BCUT2D eigenvalue weighted by Gasteiger charge is 2.34. The molecule has 3 aromatic rings. The van der Waals surface area contributed by atoms with Gasteiger partial charge >= 0.3 is 12.0 Å². The smallest absolute Gasteiger partial charge is 0.336 e. The number of rotatable bonds is 6. The van der Waals surface area contributed by atoms with Crippen LogP contribution in [0.3, 0.4) is 0 Å². The van der Waals surface area contributed by atoms with Gasteiger partial charge in [0.25, 0.3) is 0 Å². The molecule has 1 saturated heterocycles. The van der Waals surface area contributed by atoms with Gasteiger partial charge < -0.3 is 20.6 Å². The van der Waals surface area contributed by atoms with Gasteiger partial charge in [0.1, 0.15) is 11.7 Å². The summed E-state index contributed by atoms with van der Waals surface area (Å²) in [7, 11) is 0. The maximum atomic E-state index is 14.7. The van der Waals surface area contributed by atoms with E-state index in [1.165, 1.54) is 46.5 Å². The normalized spacial score (nSPS) is 15.2. The molecule has 1 aromatic heterocycles. The Bertz CT molecular complexity index is 1300. The molecule has 0 radical (unpaired) electrons. The van der Waals surface area contributed by atoms with Gasteiger partial charge in [-0.25, -0.2) is 18.7 Å². The molecule has 10 heteroatoms. The summed E-state index contributed by atoms with van der Waals surface area (Å²) in [5.74, 6) is -1.74. The van der Waals surface area contributed by atoms with E-state index in [0.717, 1.165) is 0 Å².